The first-order valence-electron chi connectivity index (χ1n) is 18.9. The minimum absolute atomic E-state index is 0.329. The highest BCUT2D eigenvalue weighted by Crippen LogP contribution is 2.80. The van der Waals surface area contributed by atoms with Crippen LogP contribution < -0.4 is 41.7 Å². The first kappa shape index (κ1) is 51.0. The summed E-state index contributed by atoms with van der Waals surface area (Å²) in [6.07, 6.45) is -25.6. The third kappa shape index (κ3) is 12.7. The minimum atomic E-state index is -5.41. The van der Waals surface area contributed by atoms with Gasteiger partial charge in [0.1, 0.15) is 14.6 Å². The Hall–Kier alpha value is -5.83. The summed E-state index contributed by atoms with van der Waals surface area (Å²) in [5, 5.41) is 0. The molecular weight excluding hydrogens is 1030 g/mol. The zero-order chi connectivity index (χ0) is 50.3. The number of benzene rings is 6. The van der Waals surface area contributed by atoms with E-state index in [1.54, 1.807) is 0 Å². The molecular formula is C41H27F16N3O6P3+3. The van der Waals surface area contributed by atoms with E-state index in [4.69, 9.17) is 27.1 Å². The van der Waals surface area contributed by atoms with Gasteiger partial charge in [0.2, 0.25) is 5.75 Å². The second-order valence-electron chi connectivity index (χ2n) is 14.1. The molecule has 1 heterocycles. The lowest BCUT2D eigenvalue weighted by atomic mass is 10.2. The molecule has 0 aromatic heterocycles. The molecule has 0 spiro atoms. The van der Waals surface area contributed by atoms with Crippen LogP contribution in [-0.2, 0) is 30.9 Å². The fourth-order valence-corrected chi connectivity index (χ4v) is 16.4. The van der Waals surface area contributed by atoms with Crippen LogP contribution in [0.3, 0.4) is 0 Å². The number of hydrogen-bond acceptors (Lipinski definition) is 9. The molecule has 9 nitrogen and oxygen atoms in total. The normalized spacial score (nSPS) is 16.0. The molecule has 6 aromatic carbocycles. The van der Waals surface area contributed by atoms with E-state index in [1.165, 1.54) is 0 Å². The van der Waals surface area contributed by atoms with Crippen molar-refractivity contribution in [1.82, 2.24) is 14.6 Å². The summed E-state index contributed by atoms with van der Waals surface area (Å²) in [6, 6.07) is 16.5. The third-order valence-electron chi connectivity index (χ3n) is 8.83. The molecule has 69 heavy (non-hydrogen) atoms. The maximum atomic E-state index is 15.8. The van der Waals surface area contributed by atoms with Crippen molar-refractivity contribution < 1.29 is 97.4 Å². The summed E-state index contributed by atoms with van der Waals surface area (Å²) >= 11 is 0. The maximum Gasteiger partial charge on any atom is 0.600 e. The van der Waals surface area contributed by atoms with E-state index >= 15 is 4.39 Å². The maximum absolute atomic E-state index is 15.8. The predicted molar refractivity (Wildman–Crippen MR) is 218 cm³/mol. The number of para-hydroxylation sites is 1. The van der Waals surface area contributed by atoms with Crippen molar-refractivity contribution in [2.45, 2.75) is 30.9 Å². The van der Waals surface area contributed by atoms with Gasteiger partial charge in [-0.2, -0.15) is 65.9 Å². The average molecular weight is 1050 g/mol. The minimum Gasteiger partial charge on any atom is -0.268 e. The van der Waals surface area contributed by atoms with Gasteiger partial charge in [-0.05, 0) is 103 Å². The van der Waals surface area contributed by atoms with Crippen LogP contribution in [0.15, 0.2) is 146 Å². The summed E-state index contributed by atoms with van der Waals surface area (Å²) in [7, 11) is -16.2. The summed E-state index contributed by atoms with van der Waals surface area (Å²) in [6.45, 7) is 0. The first-order valence-corrected chi connectivity index (χ1v) is 23.7. The molecule has 7 rings (SSSR count). The largest absolute Gasteiger partial charge is 0.600 e. The highest BCUT2D eigenvalue weighted by Gasteiger charge is 2.85. The number of rotatable bonds is 12. The van der Waals surface area contributed by atoms with Crippen LogP contribution in [0.2, 0.25) is 0 Å². The Kier molecular flexibility index (Phi) is 13.9. The van der Waals surface area contributed by atoms with Crippen molar-refractivity contribution in [2.75, 3.05) is 0 Å². The van der Waals surface area contributed by atoms with E-state index in [1.807, 2.05) is 0 Å². The van der Waals surface area contributed by atoms with Gasteiger partial charge in [-0.3, -0.25) is 27.1 Å². The Balaban J connectivity index is 1.57. The fourth-order valence-electron chi connectivity index (χ4n) is 5.93. The Morgan fingerprint density at radius 3 is 0.754 bits per heavy atom. The molecule has 28 heteroatoms. The van der Waals surface area contributed by atoms with Gasteiger partial charge in [-0.1, -0.05) is 42.5 Å². The van der Waals surface area contributed by atoms with Crippen molar-refractivity contribution in [3.05, 3.63) is 179 Å². The van der Waals surface area contributed by atoms with E-state index < -0.39 is 123 Å². The summed E-state index contributed by atoms with van der Waals surface area (Å²) in [5.74, 6) is -6.64. The highest BCUT2D eigenvalue weighted by atomic mass is 31.3. The van der Waals surface area contributed by atoms with Crippen LogP contribution in [0.5, 0.6) is 34.5 Å². The molecule has 0 bridgehead atoms. The Morgan fingerprint density at radius 2 is 0.522 bits per heavy atom. The highest BCUT2D eigenvalue weighted by molar-refractivity contribution is 7.93. The van der Waals surface area contributed by atoms with Crippen molar-refractivity contribution in [2.24, 2.45) is 0 Å². The van der Waals surface area contributed by atoms with Crippen molar-refractivity contribution in [3.8, 4) is 34.5 Å². The topological polar surface area (TPSA) is 91.5 Å². The summed E-state index contributed by atoms with van der Waals surface area (Å²) in [4.78, 5) is 7.43. The number of alkyl halides is 15. The van der Waals surface area contributed by atoms with Gasteiger partial charge < -0.3 is 0 Å². The predicted octanol–water partition coefficient (Wildman–Crippen LogP) is 15.5. The quantitative estimate of drug-likeness (QED) is 0.0819. The van der Waals surface area contributed by atoms with Crippen LogP contribution in [0.4, 0.5) is 70.2 Å². The molecule has 0 aliphatic carbocycles. The molecule has 1 aliphatic heterocycles. The lowest BCUT2D eigenvalue weighted by molar-refractivity contribution is -0.138. The number of hydrogen-bond donors (Lipinski definition) is 3. The number of nitrogens with one attached hydrogen (secondary N) is 3. The monoisotopic (exact) mass is 1050 g/mol. The molecule has 0 radical (unpaired) electrons. The SMILES string of the molecule is Fc1ccccc1O[P+]1(Oc2cccc(C(F)(F)F)c2)N[P+](Oc2cccc(C(F)(F)F)c2)(Oc2cccc(C(F)(F)F)c2)N[P+](Oc2cccc(C(F)(F)F)c2)(Oc2cccc(C(F)(F)F)c2)N1. The van der Waals surface area contributed by atoms with Crippen LogP contribution >= 0.6 is 24.1 Å². The first-order chi connectivity index (χ1) is 32.0. The van der Waals surface area contributed by atoms with Crippen molar-refractivity contribution in [1.29, 1.82) is 0 Å². The van der Waals surface area contributed by atoms with Gasteiger partial charge in [0.05, 0.1) is 27.8 Å². The molecule has 3 N–H and O–H groups in total. The lowest BCUT2D eigenvalue weighted by Crippen LogP contribution is -2.52. The Labute approximate surface area is 380 Å². The zero-order valence-electron chi connectivity index (χ0n) is 33.7. The van der Waals surface area contributed by atoms with E-state index in [0.29, 0.717) is 60.7 Å². The van der Waals surface area contributed by atoms with Crippen molar-refractivity contribution in [3.63, 3.8) is 0 Å². The molecule has 0 atom stereocenters. The number of halogens is 16. The molecule has 0 unspecified atom stereocenters. The summed E-state index contributed by atoms with van der Waals surface area (Å²) in [5.41, 5.74) is -7.15. The van der Waals surface area contributed by atoms with E-state index in [9.17, 15) is 65.9 Å². The third-order valence-corrected chi connectivity index (χ3v) is 17.9. The second-order valence-corrected chi connectivity index (χ2v) is 20.9. The molecule has 1 saturated heterocycles. The zero-order valence-corrected chi connectivity index (χ0v) is 36.4. The van der Waals surface area contributed by atoms with E-state index in [2.05, 4.69) is 14.6 Å². The van der Waals surface area contributed by atoms with Gasteiger partial charge in [-0.15, -0.1) is 0 Å². The molecule has 1 fully saturated rings. The summed E-state index contributed by atoms with van der Waals surface area (Å²) < 4.78 is 265. The smallest absolute Gasteiger partial charge is 0.268 e. The van der Waals surface area contributed by atoms with Gasteiger partial charge in [0.25, 0.3) is 0 Å². The Bertz CT molecular complexity index is 2540. The van der Waals surface area contributed by atoms with E-state index in [0.717, 1.165) is 84.9 Å². The van der Waals surface area contributed by atoms with Crippen LogP contribution in [-0.4, -0.2) is 0 Å². The van der Waals surface area contributed by atoms with Gasteiger partial charge in [0.15, 0.2) is 34.6 Å². The van der Waals surface area contributed by atoms with Gasteiger partial charge in [-0.25, -0.2) is 4.39 Å². The standard InChI is InChI=1S/C41H27F16N3O6P3/c42-35-18-1-2-19-36(35)66-69(65-34-17-7-12-29(24-34)41(55,56)57)59-67(61-30-13-3-8-25(20-30)37(43,44)45,62-31-14-4-9-26(21-31)38(46,47)48)58-68(60-69,63-32-15-5-10-27(22-32)39(49,50)51)64-33-16-6-11-28(23-33)40(52,53)54/h1-24,58-60H/q+3. The lowest BCUT2D eigenvalue weighted by Gasteiger charge is -2.34. The Morgan fingerprint density at radius 1 is 0.290 bits per heavy atom. The van der Waals surface area contributed by atoms with Crippen LogP contribution in [0.1, 0.15) is 27.8 Å². The molecule has 366 valence electrons. The van der Waals surface area contributed by atoms with Crippen LogP contribution in [0, 0.1) is 5.82 Å². The fraction of sp³-hybridized carbons (Fsp3) is 0.122. The second kappa shape index (κ2) is 18.8. The van der Waals surface area contributed by atoms with E-state index in [-0.39, 0.29) is 0 Å². The van der Waals surface area contributed by atoms with Crippen molar-refractivity contribution >= 4 is 24.1 Å². The molecule has 1 aliphatic rings. The molecule has 0 amide bonds. The van der Waals surface area contributed by atoms with Crippen LogP contribution in [0.25, 0.3) is 0 Å². The molecule has 6 aromatic rings. The average Bonchev–Trinajstić information content (AvgIpc) is 3.23. The molecule has 0 saturated carbocycles. The van der Waals surface area contributed by atoms with Gasteiger partial charge >= 0.3 is 54.9 Å². The van der Waals surface area contributed by atoms with Gasteiger partial charge in [0, 0.05) is 0 Å².